The predicted molar refractivity (Wildman–Crippen MR) is 82.1 cm³/mol. The summed E-state index contributed by atoms with van der Waals surface area (Å²) in [5, 5.41) is 9.15. The summed E-state index contributed by atoms with van der Waals surface area (Å²) < 4.78 is 27.0. The number of para-hydroxylation sites is 1. The van der Waals surface area contributed by atoms with E-state index in [1.165, 1.54) is 17.4 Å². The van der Waals surface area contributed by atoms with Gasteiger partial charge in [0.2, 0.25) is 0 Å². The summed E-state index contributed by atoms with van der Waals surface area (Å²) in [5.74, 6) is 0. The summed E-state index contributed by atoms with van der Waals surface area (Å²) >= 11 is 3.25. The largest absolute Gasteiger partial charge is 0.392 e. The Bertz CT molecular complexity index is 702. The number of sulfonamides is 1. The van der Waals surface area contributed by atoms with Gasteiger partial charge in [-0.3, -0.25) is 4.31 Å². The van der Waals surface area contributed by atoms with Crippen molar-refractivity contribution in [2.45, 2.75) is 11.5 Å². The van der Waals surface area contributed by atoms with Gasteiger partial charge >= 0.3 is 0 Å². The molecule has 0 saturated heterocycles. The molecule has 0 aliphatic heterocycles. The zero-order chi connectivity index (χ0) is 14.8. The highest BCUT2D eigenvalue weighted by Crippen LogP contribution is 2.28. The van der Waals surface area contributed by atoms with Crippen LogP contribution in [0.4, 0.5) is 5.69 Å². The number of anilines is 1. The maximum atomic E-state index is 12.6. The molecule has 0 aliphatic carbocycles. The van der Waals surface area contributed by atoms with Crippen molar-refractivity contribution in [3.63, 3.8) is 0 Å². The van der Waals surface area contributed by atoms with E-state index >= 15 is 0 Å². The summed E-state index contributed by atoms with van der Waals surface area (Å²) in [7, 11) is -2.18. The molecule has 0 atom stereocenters. The second-order valence-corrected chi connectivity index (χ2v) is 7.02. The van der Waals surface area contributed by atoms with E-state index in [0.717, 1.165) is 0 Å². The predicted octanol–water partition coefficient (Wildman–Crippen LogP) is 2.77. The van der Waals surface area contributed by atoms with Crippen LogP contribution in [0.3, 0.4) is 0 Å². The van der Waals surface area contributed by atoms with Gasteiger partial charge in [-0.1, -0.05) is 24.3 Å². The third kappa shape index (κ3) is 2.87. The second kappa shape index (κ2) is 5.95. The number of hydrogen-bond acceptors (Lipinski definition) is 3. The molecule has 0 aromatic heterocycles. The van der Waals surface area contributed by atoms with Gasteiger partial charge in [0.15, 0.2) is 0 Å². The Kier molecular flexibility index (Phi) is 4.47. The van der Waals surface area contributed by atoms with Gasteiger partial charge in [0.25, 0.3) is 10.0 Å². The van der Waals surface area contributed by atoms with Gasteiger partial charge in [0, 0.05) is 11.5 Å². The molecule has 0 unspecified atom stereocenters. The maximum absolute atomic E-state index is 12.6. The second-order valence-electron chi connectivity index (χ2n) is 4.23. The van der Waals surface area contributed by atoms with Crippen molar-refractivity contribution in [2.75, 3.05) is 11.4 Å². The number of rotatable bonds is 4. The van der Waals surface area contributed by atoms with Crippen LogP contribution in [0.5, 0.6) is 0 Å². The van der Waals surface area contributed by atoms with E-state index in [2.05, 4.69) is 15.9 Å². The molecule has 2 rings (SSSR count). The van der Waals surface area contributed by atoms with Gasteiger partial charge in [-0.2, -0.15) is 0 Å². The van der Waals surface area contributed by atoms with Gasteiger partial charge in [-0.25, -0.2) is 8.42 Å². The molecule has 0 aliphatic rings. The van der Waals surface area contributed by atoms with Crippen LogP contribution in [0.1, 0.15) is 5.56 Å². The lowest BCUT2D eigenvalue weighted by Gasteiger charge is -2.20. The minimum absolute atomic E-state index is 0.135. The molecule has 4 nitrogen and oxygen atoms in total. The highest BCUT2D eigenvalue weighted by molar-refractivity contribution is 9.10. The topological polar surface area (TPSA) is 57.6 Å². The highest BCUT2D eigenvalue weighted by Gasteiger charge is 2.24. The standard InChI is InChI=1S/C14H14BrNO3S/c1-16(12-5-3-2-4-6-12)20(18,19)14-9-11(10-17)7-8-13(14)15/h2-9,17H,10H2,1H3. The van der Waals surface area contributed by atoms with E-state index < -0.39 is 10.0 Å². The van der Waals surface area contributed by atoms with Crippen molar-refractivity contribution in [3.05, 3.63) is 58.6 Å². The summed E-state index contributed by atoms with van der Waals surface area (Å²) in [6.45, 7) is -0.204. The molecule has 0 saturated carbocycles. The quantitative estimate of drug-likeness (QED) is 0.917. The van der Waals surface area contributed by atoms with Crippen LogP contribution in [0.25, 0.3) is 0 Å². The van der Waals surface area contributed by atoms with Crippen LogP contribution in [0.2, 0.25) is 0 Å². The van der Waals surface area contributed by atoms with E-state index in [4.69, 9.17) is 5.11 Å². The first-order chi connectivity index (χ1) is 9.46. The molecule has 0 spiro atoms. The Hall–Kier alpha value is -1.37. The van der Waals surface area contributed by atoms with E-state index in [0.29, 0.717) is 15.7 Å². The highest BCUT2D eigenvalue weighted by atomic mass is 79.9. The van der Waals surface area contributed by atoms with Crippen LogP contribution in [-0.2, 0) is 16.6 Å². The summed E-state index contributed by atoms with van der Waals surface area (Å²) in [6.07, 6.45) is 0. The Balaban J connectivity index is 2.50. The Labute approximate surface area is 126 Å². The Morgan fingerprint density at radius 2 is 1.80 bits per heavy atom. The van der Waals surface area contributed by atoms with Crippen molar-refractivity contribution < 1.29 is 13.5 Å². The van der Waals surface area contributed by atoms with E-state index in [-0.39, 0.29) is 11.5 Å². The van der Waals surface area contributed by atoms with Gasteiger partial charge in [-0.15, -0.1) is 0 Å². The summed E-state index contributed by atoms with van der Waals surface area (Å²) in [5.41, 5.74) is 1.13. The van der Waals surface area contributed by atoms with Gasteiger partial charge in [-0.05, 0) is 45.8 Å². The van der Waals surface area contributed by atoms with Crippen LogP contribution >= 0.6 is 15.9 Å². The first kappa shape index (κ1) is 15.0. The molecule has 0 radical (unpaired) electrons. The lowest BCUT2D eigenvalue weighted by Crippen LogP contribution is -2.26. The molecular formula is C14H14BrNO3S. The van der Waals surface area contributed by atoms with E-state index in [1.54, 1.807) is 36.4 Å². The first-order valence-corrected chi connectivity index (χ1v) is 8.13. The molecule has 0 fully saturated rings. The van der Waals surface area contributed by atoms with Crippen molar-refractivity contribution >= 4 is 31.6 Å². The fourth-order valence-corrected chi connectivity index (χ4v) is 3.94. The summed E-state index contributed by atoms with van der Waals surface area (Å²) in [6, 6.07) is 13.6. The van der Waals surface area contributed by atoms with E-state index in [1.807, 2.05) is 6.07 Å². The first-order valence-electron chi connectivity index (χ1n) is 5.90. The van der Waals surface area contributed by atoms with E-state index in [9.17, 15) is 8.42 Å². The summed E-state index contributed by atoms with van der Waals surface area (Å²) in [4.78, 5) is 0.135. The number of aliphatic hydroxyl groups is 1. The van der Waals surface area contributed by atoms with Gasteiger partial charge < -0.3 is 5.11 Å². The Morgan fingerprint density at radius 3 is 2.40 bits per heavy atom. The van der Waals surface area contributed by atoms with Crippen molar-refractivity contribution in [1.29, 1.82) is 0 Å². The number of nitrogens with zero attached hydrogens (tertiary/aromatic N) is 1. The van der Waals surface area contributed by atoms with Gasteiger partial charge in [0.05, 0.1) is 12.3 Å². The van der Waals surface area contributed by atoms with Crippen molar-refractivity contribution in [3.8, 4) is 0 Å². The third-order valence-corrected chi connectivity index (χ3v) is 5.72. The number of halogens is 1. The SMILES string of the molecule is CN(c1ccccc1)S(=O)(=O)c1cc(CO)ccc1Br. The molecular weight excluding hydrogens is 342 g/mol. The third-order valence-electron chi connectivity index (χ3n) is 2.94. The molecule has 2 aromatic carbocycles. The lowest BCUT2D eigenvalue weighted by atomic mass is 10.2. The molecule has 106 valence electrons. The minimum Gasteiger partial charge on any atom is -0.392 e. The van der Waals surface area contributed by atoms with Crippen LogP contribution in [0, 0.1) is 0 Å². The van der Waals surface area contributed by atoms with Crippen LogP contribution < -0.4 is 4.31 Å². The fourth-order valence-electron chi connectivity index (χ4n) is 1.77. The fraction of sp³-hybridized carbons (Fsp3) is 0.143. The number of hydrogen-bond donors (Lipinski definition) is 1. The van der Waals surface area contributed by atoms with Crippen LogP contribution in [-0.4, -0.2) is 20.6 Å². The van der Waals surface area contributed by atoms with Gasteiger partial charge in [0.1, 0.15) is 4.90 Å². The minimum atomic E-state index is -3.68. The number of benzene rings is 2. The average Bonchev–Trinajstić information content (AvgIpc) is 2.47. The molecule has 0 bridgehead atoms. The smallest absolute Gasteiger partial charge is 0.265 e. The number of aliphatic hydroxyl groups excluding tert-OH is 1. The zero-order valence-corrected chi connectivity index (χ0v) is 13.2. The monoisotopic (exact) mass is 355 g/mol. The molecule has 0 amide bonds. The molecule has 0 heterocycles. The average molecular weight is 356 g/mol. The zero-order valence-electron chi connectivity index (χ0n) is 10.8. The maximum Gasteiger partial charge on any atom is 0.265 e. The van der Waals surface area contributed by atoms with Crippen molar-refractivity contribution in [1.82, 2.24) is 0 Å². The Morgan fingerprint density at radius 1 is 1.15 bits per heavy atom. The lowest BCUT2D eigenvalue weighted by molar-refractivity contribution is 0.281. The van der Waals surface area contributed by atoms with Crippen LogP contribution in [0.15, 0.2) is 57.9 Å². The molecule has 20 heavy (non-hydrogen) atoms. The molecule has 1 N–H and O–H groups in total. The molecule has 2 aromatic rings. The van der Waals surface area contributed by atoms with Crippen molar-refractivity contribution in [2.24, 2.45) is 0 Å². The molecule has 6 heteroatoms. The normalized spacial score (nSPS) is 11.3.